The Morgan fingerprint density at radius 1 is 1.45 bits per heavy atom. The number of nitrogens with two attached hydrogens (primary N) is 1. The average Bonchev–Trinajstić information content (AvgIpc) is 2.40. The molecule has 106 valence electrons. The number of aromatic hydroxyl groups is 1. The van der Waals surface area contributed by atoms with E-state index in [4.69, 9.17) is 5.73 Å². The summed E-state index contributed by atoms with van der Waals surface area (Å²) in [6, 6.07) is 5.69. The van der Waals surface area contributed by atoms with Crippen LogP contribution < -0.4 is 11.3 Å². The highest BCUT2D eigenvalue weighted by molar-refractivity contribution is 5.67. The molecule has 1 aromatic carbocycles. The molecule has 0 aliphatic heterocycles. The van der Waals surface area contributed by atoms with Gasteiger partial charge in [-0.05, 0) is 19.4 Å². The van der Waals surface area contributed by atoms with Gasteiger partial charge < -0.3 is 15.8 Å². The third-order valence-electron chi connectivity index (χ3n) is 3.32. The first-order valence-electron chi connectivity index (χ1n) is 6.24. The molecule has 0 amide bonds. The maximum atomic E-state index is 13.7. The standard InChI is InChI=1S/C14H16FN3O2/c1-3-14(2,16)13-17-11(19)10(12(20)18-13)8-6-4-5-7-9(8)15/h4-7H,3,16H2,1-2H3,(H2,17,18,19,20). The van der Waals surface area contributed by atoms with Gasteiger partial charge in [0.05, 0.1) is 5.54 Å². The molecule has 4 N–H and O–H groups in total. The van der Waals surface area contributed by atoms with Gasteiger partial charge in [0.2, 0.25) is 5.88 Å². The number of nitrogens with one attached hydrogen (secondary N) is 1. The van der Waals surface area contributed by atoms with E-state index in [0.29, 0.717) is 6.42 Å². The Bertz CT molecular complexity index is 695. The van der Waals surface area contributed by atoms with Crippen LogP contribution in [0, 0.1) is 5.82 Å². The predicted octanol–water partition coefficient (Wildman–Crippen LogP) is 1.87. The molecule has 0 bridgehead atoms. The molecule has 20 heavy (non-hydrogen) atoms. The van der Waals surface area contributed by atoms with Crippen LogP contribution in [0.25, 0.3) is 11.1 Å². The van der Waals surface area contributed by atoms with Crippen LogP contribution in [0.3, 0.4) is 0 Å². The van der Waals surface area contributed by atoms with Crippen molar-refractivity contribution < 1.29 is 9.50 Å². The minimum absolute atomic E-state index is 0.000484. The highest BCUT2D eigenvalue weighted by Gasteiger charge is 2.25. The maximum Gasteiger partial charge on any atom is 0.262 e. The van der Waals surface area contributed by atoms with E-state index in [2.05, 4.69) is 9.97 Å². The van der Waals surface area contributed by atoms with Gasteiger partial charge in [0.15, 0.2) is 0 Å². The Morgan fingerprint density at radius 2 is 2.10 bits per heavy atom. The number of H-pyrrole nitrogens is 1. The fourth-order valence-corrected chi connectivity index (χ4v) is 1.81. The van der Waals surface area contributed by atoms with E-state index in [1.54, 1.807) is 13.0 Å². The lowest BCUT2D eigenvalue weighted by Gasteiger charge is -2.21. The summed E-state index contributed by atoms with van der Waals surface area (Å²) in [6.07, 6.45) is 0.522. The second-order valence-electron chi connectivity index (χ2n) is 4.86. The number of aromatic nitrogens is 2. The van der Waals surface area contributed by atoms with Crippen molar-refractivity contribution in [3.05, 3.63) is 46.3 Å². The predicted molar refractivity (Wildman–Crippen MR) is 73.7 cm³/mol. The third kappa shape index (κ3) is 2.42. The van der Waals surface area contributed by atoms with Gasteiger partial charge in [0.25, 0.3) is 5.56 Å². The lowest BCUT2D eigenvalue weighted by molar-refractivity contribution is 0.410. The SMILES string of the molecule is CCC(C)(N)c1nc(O)c(-c2ccccc2F)c(=O)[nH]1. The molecule has 6 heteroatoms. The minimum atomic E-state index is -0.871. The van der Waals surface area contributed by atoms with Crippen LogP contribution in [0.15, 0.2) is 29.1 Å². The van der Waals surface area contributed by atoms with E-state index in [1.165, 1.54) is 18.2 Å². The van der Waals surface area contributed by atoms with E-state index in [9.17, 15) is 14.3 Å². The number of nitrogens with zero attached hydrogens (tertiary/aromatic N) is 1. The summed E-state index contributed by atoms with van der Waals surface area (Å²) in [5.74, 6) is -0.963. The third-order valence-corrected chi connectivity index (χ3v) is 3.32. The van der Waals surface area contributed by atoms with Crippen LogP contribution in [-0.2, 0) is 5.54 Å². The van der Waals surface area contributed by atoms with Crippen molar-refractivity contribution in [2.24, 2.45) is 5.73 Å². The Kier molecular flexibility index (Phi) is 3.59. The molecule has 0 fully saturated rings. The molecule has 2 aromatic rings. The first kappa shape index (κ1) is 14.2. The molecule has 0 saturated heterocycles. The van der Waals surface area contributed by atoms with Crippen LogP contribution in [0.4, 0.5) is 4.39 Å². The zero-order chi connectivity index (χ0) is 14.9. The minimum Gasteiger partial charge on any atom is -0.493 e. The molecular weight excluding hydrogens is 261 g/mol. The Balaban J connectivity index is 2.65. The average molecular weight is 277 g/mol. The normalized spacial score (nSPS) is 14.0. The summed E-state index contributed by atoms with van der Waals surface area (Å²) in [5, 5.41) is 9.96. The molecule has 1 aromatic heterocycles. The van der Waals surface area contributed by atoms with Crippen LogP contribution in [-0.4, -0.2) is 15.1 Å². The highest BCUT2D eigenvalue weighted by Crippen LogP contribution is 2.27. The quantitative estimate of drug-likeness (QED) is 0.798. The van der Waals surface area contributed by atoms with Crippen LogP contribution >= 0.6 is 0 Å². The Morgan fingerprint density at radius 3 is 2.65 bits per heavy atom. The van der Waals surface area contributed by atoms with E-state index in [1.807, 2.05) is 6.92 Å². The van der Waals surface area contributed by atoms with Crippen molar-refractivity contribution in [1.82, 2.24) is 9.97 Å². The summed E-state index contributed by atoms with van der Waals surface area (Å²) in [5.41, 5.74) is 4.29. The Labute approximate surface area is 115 Å². The lowest BCUT2D eigenvalue weighted by atomic mass is 9.99. The summed E-state index contributed by atoms with van der Waals surface area (Å²) in [4.78, 5) is 18.5. The molecule has 1 unspecified atom stereocenters. The zero-order valence-corrected chi connectivity index (χ0v) is 11.3. The molecule has 0 radical (unpaired) electrons. The molecule has 0 saturated carbocycles. The van der Waals surface area contributed by atoms with E-state index in [-0.39, 0.29) is 17.0 Å². The van der Waals surface area contributed by atoms with Crippen molar-refractivity contribution in [2.45, 2.75) is 25.8 Å². The number of rotatable bonds is 3. The molecule has 1 atom stereocenters. The second-order valence-corrected chi connectivity index (χ2v) is 4.86. The fourth-order valence-electron chi connectivity index (χ4n) is 1.81. The van der Waals surface area contributed by atoms with Crippen LogP contribution in [0.1, 0.15) is 26.1 Å². The van der Waals surface area contributed by atoms with Crippen molar-refractivity contribution >= 4 is 0 Å². The van der Waals surface area contributed by atoms with Gasteiger partial charge >= 0.3 is 0 Å². The Hall–Kier alpha value is -2.21. The van der Waals surface area contributed by atoms with Gasteiger partial charge in [-0.2, -0.15) is 4.98 Å². The summed E-state index contributed by atoms with van der Waals surface area (Å²) >= 11 is 0. The van der Waals surface area contributed by atoms with Crippen LogP contribution in [0.5, 0.6) is 5.88 Å². The van der Waals surface area contributed by atoms with Crippen molar-refractivity contribution in [3.63, 3.8) is 0 Å². The fraction of sp³-hybridized carbons (Fsp3) is 0.286. The highest BCUT2D eigenvalue weighted by atomic mass is 19.1. The van der Waals surface area contributed by atoms with Gasteiger partial charge in [-0.1, -0.05) is 25.1 Å². The van der Waals surface area contributed by atoms with Gasteiger partial charge in [0, 0.05) is 5.56 Å². The first-order chi connectivity index (χ1) is 9.36. The molecular formula is C14H16FN3O2. The van der Waals surface area contributed by atoms with E-state index in [0.717, 1.165) is 0 Å². The number of halogens is 1. The summed E-state index contributed by atoms with van der Waals surface area (Å²) < 4.78 is 13.7. The number of hydrogen-bond acceptors (Lipinski definition) is 4. The van der Waals surface area contributed by atoms with Gasteiger partial charge in [-0.15, -0.1) is 0 Å². The van der Waals surface area contributed by atoms with E-state index >= 15 is 0 Å². The topological polar surface area (TPSA) is 92.0 Å². The van der Waals surface area contributed by atoms with Gasteiger partial charge in [-0.25, -0.2) is 4.39 Å². The van der Waals surface area contributed by atoms with Crippen molar-refractivity contribution in [2.75, 3.05) is 0 Å². The maximum absolute atomic E-state index is 13.7. The number of aromatic amines is 1. The first-order valence-corrected chi connectivity index (χ1v) is 6.24. The number of hydrogen-bond donors (Lipinski definition) is 3. The smallest absolute Gasteiger partial charge is 0.262 e. The van der Waals surface area contributed by atoms with Crippen molar-refractivity contribution in [3.8, 4) is 17.0 Å². The molecule has 0 aliphatic rings. The molecule has 5 nitrogen and oxygen atoms in total. The molecule has 2 rings (SSSR count). The molecule has 1 heterocycles. The summed E-state index contributed by atoms with van der Waals surface area (Å²) in [7, 11) is 0. The molecule has 0 aliphatic carbocycles. The second kappa shape index (κ2) is 5.05. The van der Waals surface area contributed by atoms with Gasteiger partial charge in [-0.3, -0.25) is 4.79 Å². The van der Waals surface area contributed by atoms with Crippen LogP contribution in [0.2, 0.25) is 0 Å². The number of benzene rings is 1. The van der Waals surface area contributed by atoms with E-state index < -0.39 is 22.8 Å². The zero-order valence-electron chi connectivity index (χ0n) is 11.3. The van der Waals surface area contributed by atoms with Crippen molar-refractivity contribution in [1.29, 1.82) is 0 Å². The largest absolute Gasteiger partial charge is 0.493 e. The van der Waals surface area contributed by atoms with Gasteiger partial charge in [0.1, 0.15) is 17.2 Å². The monoisotopic (exact) mass is 277 g/mol. The summed E-state index contributed by atoms with van der Waals surface area (Å²) in [6.45, 7) is 3.52. The lowest BCUT2D eigenvalue weighted by Crippen LogP contribution is -2.36. The molecule has 0 spiro atoms.